The van der Waals surface area contributed by atoms with Crippen molar-refractivity contribution in [3.05, 3.63) is 90.1 Å². The molecule has 0 atom stereocenters. The summed E-state index contributed by atoms with van der Waals surface area (Å²) in [5, 5.41) is 1.64. The Bertz CT molecular complexity index is 1100. The molecule has 0 bridgehead atoms. The third-order valence-electron chi connectivity index (χ3n) is 4.31. The molecule has 0 fully saturated rings. The number of benzene rings is 2. The summed E-state index contributed by atoms with van der Waals surface area (Å²) in [6.45, 7) is 1.95. The zero-order chi connectivity index (χ0) is 18.8. The summed E-state index contributed by atoms with van der Waals surface area (Å²) in [4.78, 5) is 9.09. The van der Waals surface area contributed by atoms with E-state index in [-0.39, 0.29) is 5.82 Å². The molecule has 0 aliphatic carbocycles. The van der Waals surface area contributed by atoms with Crippen molar-refractivity contribution >= 4 is 17.6 Å². The largest absolute Gasteiger partial charge is 0.299 e. The van der Waals surface area contributed by atoms with Crippen LogP contribution in [-0.4, -0.2) is 19.9 Å². The van der Waals surface area contributed by atoms with Gasteiger partial charge in [-0.3, -0.25) is 9.55 Å². The Morgan fingerprint density at radius 3 is 2.33 bits per heavy atom. The van der Waals surface area contributed by atoms with E-state index in [1.165, 1.54) is 12.1 Å². The maximum absolute atomic E-state index is 13.4. The van der Waals surface area contributed by atoms with Gasteiger partial charge in [-0.2, -0.15) is 0 Å². The molecule has 2 heterocycles. The van der Waals surface area contributed by atoms with Gasteiger partial charge < -0.3 is 0 Å². The van der Waals surface area contributed by atoms with Crippen molar-refractivity contribution in [3.63, 3.8) is 0 Å². The smallest absolute Gasteiger partial charge is 0.145 e. The van der Waals surface area contributed by atoms with E-state index in [4.69, 9.17) is 17.2 Å². The molecule has 0 aliphatic rings. The molecule has 4 aromatic rings. The van der Waals surface area contributed by atoms with Crippen LogP contribution in [0.3, 0.4) is 0 Å². The molecule has 0 saturated carbocycles. The molecular weight excluding hydrogens is 357 g/mol. The Hall–Kier alpha value is -3.18. The quantitative estimate of drug-likeness (QED) is 0.449. The lowest BCUT2D eigenvalue weighted by Gasteiger charge is -2.08. The number of pyridine rings is 1. The van der Waals surface area contributed by atoms with Crippen LogP contribution >= 0.6 is 12.2 Å². The predicted molar refractivity (Wildman–Crippen MR) is 110 cm³/mol. The van der Waals surface area contributed by atoms with Gasteiger partial charge >= 0.3 is 0 Å². The van der Waals surface area contributed by atoms with E-state index in [1.807, 2.05) is 54.1 Å². The van der Waals surface area contributed by atoms with E-state index in [1.54, 1.807) is 23.7 Å². The molecule has 2 aromatic carbocycles. The number of halogens is 1. The van der Waals surface area contributed by atoms with Gasteiger partial charge in [0.1, 0.15) is 11.6 Å². The first kappa shape index (κ1) is 17.2. The number of hydrogen-bond donors (Lipinski definition) is 0. The van der Waals surface area contributed by atoms with Gasteiger partial charge in [0.25, 0.3) is 0 Å². The zero-order valence-electron chi connectivity index (χ0n) is 14.6. The molecule has 0 unspecified atom stereocenters. The van der Waals surface area contributed by atoms with Gasteiger partial charge in [-0.25, -0.2) is 9.37 Å². The highest BCUT2D eigenvalue weighted by Crippen LogP contribution is 2.28. The maximum Gasteiger partial charge on any atom is 0.145 e. The van der Waals surface area contributed by atoms with Crippen LogP contribution in [0.4, 0.5) is 4.39 Å². The first-order valence-corrected chi connectivity index (χ1v) is 8.95. The molecule has 0 spiro atoms. The van der Waals surface area contributed by atoms with Gasteiger partial charge in [-0.05, 0) is 48.9 Å². The third-order valence-corrected chi connectivity index (χ3v) is 4.58. The number of imidazole rings is 1. The fraction of sp³-hybridized carbons (Fsp3) is 0.0455. The lowest BCUT2D eigenvalue weighted by atomic mass is 10.1. The summed E-state index contributed by atoms with van der Waals surface area (Å²) in [6, 6.07) is 18.2. The van der Waals surface area contributed by atoms with Crippen molar-refractivity contribution in [1.82, 2.24) is 14.5 Å². The van der Waals surface area contributed by atoms with Crippen LogP contribution in [0.15, 0.2) is 73.1 Å². The van der Waals surface area contributed by atoms with Crippen LogP contribution in [-0.2, 0) is 0 Å². The lowest BCUT2D eigenvalue weighted by molar-refractivity contribution is 0.628. The summed E-state index contributed by atoms with van der Waals surface area (Å²) < 4.78 is 15.4. The second kappa shape index (κ2) is 7.21. The highest BCUT2D eigenvalue weighted by atomic mass is 32.1. The van der Waals surface area contributed by atoms with Crippen molar-refractivity contribution in [2.45, 2.75) is 6.92 Å². The molecule has 0 N–H and O–H groups in total. The van der Waals surface area contributed by atoms with Gasteiger partial charge in [0.15, 0.2) is 0 Å². The lowest BCUT2D eigenvalue weighted by Crippen LogP contribution is -1.97. The average molecular weight is 373 g/mol. The molecule has 3 nitrogen and oxygen atoms in total. The minimum atomic E-state index is -0.271. The van der Waals surface area contributed by atoms with Crippen LogP contribution in [0.1, 0.15) is 11.3 Å². The molecule has 0 aliphatic heterocycles. The van der Waals surface area contributed by atoms with Gasteiger partial charge in [-0.15, -0.1) is 0 Å². The second-order valence-corrected chi connectivity index (χ2v) is 6.46. The highest BCUT2D eigenvalue weighted by Gasteiger charge is 2.13. The SMILES string of the molecule is Cc1cc(-n2cc(-c3ccc(C=S)cc3)nc2-c2ccc(F)cc2)ccn1. The summed E-state index contributed by atoms with van der Waals surface area (Å²) in [5.74, 6) is 0.474. The Labute approximate surface area is 162 Å². The molecule has 0 amide bonds. The fourth-order valence-electron chi connectivity index (χ4n) is 2.93. The van der Waals surface area contributed by atoms with E-state index in [9.17, 15) is 4.39 Å². The van der Waals surface area contributed by atoms with E-state index in [0.29, 0.717) is 0 Å². The Morgan fingerprint density at radius 2 is 1.67 bits per heavy atom. The third kappa shape index (κ3) is 3.55. The van der Waals surface area contributed by atoms with Crippen molar-refractivity contribution < 1.29 is 4.39 Å². The number of nitrogens with zero attached hydrogens (tertiary/aromatic N) is 3. The number of hydrogen-bond acceptors (Lipinski definition) is 3. The average Bonchev–Trinajstić information content (AvgIpc) is 3.14. The van der Waals surface area contributed by atoms with Gasteiger partial charge in [-0.1, -0.05) is 36.5 Å². The molecule has 2 aromatic heterocycles. The summed E-state index contributed by atoms with van der Waals surface area (Å²) in [7, 11) is 0. The first-order valence-electron chi connectivity index (χ1n) is 8.48. The Morgan fingerprint density at radius 1 is 0.963 bits per heavy atom. The van der Waals surface area contributed by atoms with Crippen LogP contribution in [0.25, 0.3) is 28.3 Å². The van der Waals surface area contributed by atoms with Crippen molar-refractivity contribution in [2.75, 3.05) is 0 Å². The minimum absolute atomic E-state index is 0.271. The van der Waals surface area contributed by atoms with Crippen LogP contribution < -0.4 is 0 Å². The van der Waals surface area contributed by atoms with Crippen molar-refractivity contribution in [3.8, 4) is 28.3 Å². The normalized spacial score (nSPS) is 10.7. The van der Waals surface area contributed by atoms with Gasteiger partial charge in [0.05, 0.1) is 11.4 Å². The molecule has 132 valence electrons. The summed E-state index contributed by atoms with van der Waals surface area (Å²) in [6.07, 6.45) is 3.76. The number of thiocarbonyl (C=S) groups is 1. The first-order chi connectivity index (χ1) is 13.1. The standard InChI is InChI=1S/C22H16FN3S/c1-15-12-20(10-11-24-15)26-13-21(17-4-2-16(14-27)3-5-17)25-22(26)18-6-8-19(23)9-7-18/h2-14H,1H3. The monoisotopic (exact) mass is 373 g/mol. The fourth-order valence-corrected chi connectivity index (χ4v) is 3.09. The molecular formula is C22H16FN3S. The van der Waals surface area contributed by atoms with Crippen molar-refractivity contribution in [1.29, 1.82) is 0 Å². The Balaban J connectivity index is 1.88. The second-order valence-electron chi connectivity index (χ2n) is 6.22. The number of aryl methyl sites for hydroxylation is 1. The van der Waals surface area contributed by atoms with Gasteiger partial charge in [0.2, 0.25) is 0 Å². The maximum atomic E-state index is 13.4. The molecule has 0 saturated heterocycles. The topological polar surface area (TPSA) is 30.7 Å². The minimum Gasteiger partial charge on any atom is -0.299 e. The summed E-state index contributed by atoms with van der Waals surface area (Å²) in [5.41, 5.74) is 5.52. The molecule has 4 rings (SSSR count). The van der Waals surface area contributed by atoms with E-state index >= 15 is 0 Å². The van der Waals surface area contributed by atoms with E-state index in [0.717, 1.165) is 39.6 Å². The number of aromatic nitrogens is 3. The van der Waals surface area contributed by atoms with Crippen molar-refractivity contribution in [2.24, 2.45) is 0 Å². The predicted octanol–water partition coefficient (Wildman–Crippen LogP) is 5.40. The van der Waals surface area contributed by atoms with Crippen LogP contribution in [0, 0.1) is 12.7 Å². The molecule has 5 heteroatoms. The van der Waals surface area contributed by atoms with Crippen LogP contribution in [0.5, 0.6) is 0 Å². The summed E-state index contributed by atoms with van der Waals surface area (Å²) >= 11 is 4.97. The van der Waals surface area contributed by atoms with Gasteiger partial charge in [0, 0.05) is 34.6 Å². The zero-order valence-corrected chi connectivity index (χ0v) is 15.4. The molecule has 0 radical (unpaired) electrons. The van der Waals surface area contributed by atoms with E-state index < -0.39 is 0 Å². The van der Waals surface area contributed by atoms with Crippen LogP contribution in [0.2, 0.25) is 0 Å². The Kier molecular flexibility index (Phi) is 4.60. The van der Waals surface area contributed by atoms with E-state index in [2.05, 4.69) is 4.98 Å². The highest BCUT2D eigenvalue weighted by molar-refractivity contribution is 7.79. The number of rotatable bonds is 4. The molecule has 27 heavy (non-hydrogen) atoms.